The summed E-state index contributed by atoms with van der Waals surface area (Å²) in [5, 5.41) is 7.01. The van der Waals surface area contributed by atoms with Crippen LogP contribution in [-0.2, 0) is 16.0 Å². The van der Waals surface area contributed by atoms with Crippen molar-refractivity contribution in [3.8, 4) is 0 Å². The fourth-order valence-corrected chi connectivity index (χ4v) is 2.61. The van der Waals surface area contributed by atoms with Gasteiger partial charge >= 0.3 is 5.97 Å². The predicted octanol–water partition coefficient (Wildman–Crippen LogP) is 3.20. The molecular formula is C19H19N3O4. The van der Waals surface area contributed by atoms with Crippen molar-refractivity contribution >= 4 is 28.7 Å². The number of ether oxygens (including phenoxy) is 1. The number of carbonyl (C=O) groups is 2. The van der Waals surface area contributed by atoms with Crippen molar-refractivity contribution < 1.29 is 18.8 Å². The van der Waals surface area contributed by atoms with Gasteiger partial charge in [-0.15, -0.1) is 0 Å². The van der Waals surface area contributed by atoms with Crippen molar-refractivity contribution in [3.05, 3.63) is 52.8 Å². The van der Waals surface area contributed by atoms with Crippen LogP contribution in [-0.4, -0.2) is 28.6 Å². The summed E-state index contributed by atoms with van der Waals surface area (Å²) in [7, 11) is 0. The maximum Gasteiger partial charge on any atom is 0.339 e. The zero-order valence-corrected chi connectivity index (χ0v) is 14.8. The van der Waals surface area contributed by atoms with Crippen molar-refractivity contribution in [1.29, 1.82) is 0 Å². The first-order valence-electron chi connectivity index (χ1n) is 8.27. The quantitative estimate of drug-likeness (QED) is 0.708. The summed E-state index contributed by atoms with van der Waals surface area (Å²) in [6.07, 6.45) is 0.925. The molecule has 0 bridgehead atoms. The van der Waals surface area contributed by atoms with E-state index >= 15 is 0 Å². The van der Waals surface area contributed by atoms with E-state index in [0.717, 1.165) is 6.42 Å². The van der Waals surface area contributed by atoms with Gasteiger partial charge in [-0.3, -0.25) is 4.79 Å². The summed E-state index contributed by atoms with van der Waals surface area (Å²) in [5.41, 5.74) is 3.53. The minimum absolute atomic E-state index is 0.273. The van der Waals surface area contributed by atoms with Gasteiger partial charge in [0.2, 0.25) is 0 Å². The first-order valence-corrected chi connectivity index (χ1v) is 8.27. The van der Waals surface area contributed by atoms with Gasteiger partial charge in [-0.1, -0.05) is 24.2 Å². The summed E-state index contributed by atoms with van der Waals surface area (Å²) < 4.78 is 10.2. The lowest BCUT2D eigenvalue weighted by Crippen LogP contribution is -2.21. The Morgan fingerprint density at radius 1 is 1.19 bits per heavy atom. The number of fused-ring (bicyclic) bond motifs is 1. The van der Waals surface area contributed by atoms with Crippen LogP contribution in [0.4, 0.5) is 5.69 Å². The monoisotopic (exact) mass is 353 g/mol. The van der Waals surface area contributed by atoms with Gasteiger partial charge in [0.25, 0.3) is 11.6 Å². The Labute approximate surface area is 150 Å². The molecular weight excluding hydrogens is 334 g/mol. The van der Waals surface area contributed by atoms with Crippen LogP contribution in [0.1, 0.15) is 34.2 Å². The lowest BCUT2D eigenvalue weighted by molar-refractivity contribution is -0.119. The van der Waals surface area contributed by atoms with Crippen molar-refractivity contribution in [2.24, 2.45) is 0 Å². The molecule has 0 atom stereocenters. The highest BCUT2D eigenvalue weighted by Gasteiger charge is 2.19. The normalized spacial score (nSPS) is 10.7. The Kier molecular flexibility index (Phi) is 4.97. The third-order valence-electron chi connectivity index (χ3n) is 3.95. The first kappa shape index (κ1) is 17.6. The van der Waals surface area contributed by atoms with Crippen LogP contribution in [0.5, 0.6) is 0 Å². The SMILES string of the molecule is CCc1ccc(NC(=O)COC(=O)c2cc(C)nc3onc(C)c23)cc1. The van der Waals surface area contributed by atoms with Crippen molar-refractivity contribution in [2.45, 2.75) is 27.2 Å². The molecule has 0 unspecified atom stereocenters. The first-order chi connectivity index (χ1) is 12.5. The van der Waals surface area contributed by atoms with Gasteiger partial charge in [0.05, 0.1) is 16.6 Å². The van der Waals surface area contributed by atoms with Gasteiger partial charge in [-0.25, -0.2) is 9.78 Å². The van der Waals surface area contributed by atoms with E-state index in [1.54, 1.807) is 19.9 Å². The molecule has 0 saturated carbocycles. The molecule has 7 heteroatoms. The second kappa shape index (κ2) is 7.35. The van der Waals surface area contributed by atoms with Crippen LogP contribution in [0.15, 0.2) is 34.9 Å². The number of benzene rings is 1. The van der Waals surface area contributed by atoms with Crippen LogP contribution in [0.2, 0.25) is 0 Å². The lowest BCUT2D eigenvalue weighted by atomic mass is 10.1. The van der Waals surface area contributed by atoms with Gasteiger partial charge < -0.3 is 14.6 Å². The molecule has 0 saturated heterocycles. The number of nitrogens with one attached hydrogen (secondary N) is 1. The Hall–Kier alpha value is -3.22. The topological polar surface area (TPSA) is 94.3 Å². The minimum atomic E-state index is -0.622. The number of rotatable bonds is 5. The third kappa shape index (κ3) is 3.72. The molecule has 1 N–H and O–H groups in total. The number of anilines is 1. The molecule has 2 aromatic heterocycles. The molecule has 0 radical (unpaired) electrons. The molecule has 1 aromatic carbocycles. The number of pyridine rings is 1. The van der Waals surface area contributed by atoms with E-state index in [0.29, 0.717) is 22.5 Å². The summed E-state index contributed by atoms with van der Waals surface area (Å²) in [6, 6.07) is 9.10. The molecule has 0 aliphatic carbocycles. The Balaban J connectivity index is 1.67. The van der Waals surface area contributed by atoms with Gasteiger partial charge in [0, 0.05) is 11.4 Å². The molecule has 26 heavy (non-hydrogen) atoms. The average molecular weight is 353 g/mol. The number of hydrogen-bond acceptors (Lipinski definition) is 6. The number of esters is 1. The van der Waals surface area contributed by atoms with Crippen LogP contribution in [0.3, 0.4) is 0 Å². The van der Waals surface area contributed by atoms with E-state index in [-0.39, 0.29) is 17.9 Å². The standard InChI is InChI=1S/C19H19N3O4/c1-4-13-5-7-14(8-6-13)21-16(23)10-25-19(24)15-9-11(2)20-18-17(15)12(3)22-26-18/h5-9H,4,10H2,1-3H3,(H,21,23). The molecule has 0 spiro atoms. The molecule has 0 aliphatic rings. The van der Waals surface area contributed by atoms with Crippen LogP contribution >= 0.6 is 0 Å². The molecule has 1 amide bonds. The third-order valence-corrected chi connectivity index (χ3v) is 3.95. The maximum atomic E-state index is 12.4. The van der Waals surface area contributed by atoms with Gasteiger partial charge in [-0.05, 0) is 44.0 Å². The second-order valence-corrected chi connectivity index (χ2v) is 5.93. The van der Waals surface area contributed by atoms with E-state index < -0.39 is 11.9 Å². The lowest BCUT2D eigenvalue weighted by Gasteiger charge is -2.08. The largest absolute Gasteiger partial charge is 0.452 e. The van der Waals surface area contributed by atoms with E-state index in [1.165, 1.54) is 5.56 Å². The highest BCUT2D eigenvalue weighted by molar-refractivity contribution is 6.04. The number of carbonyl (C=O) groups excluding carboxylic acids is 2. The number of aryl methyl sites for hydroxylation is 3. The van der Waals surface area contributed by atoms with Gasteiger partial charge in [0.15, 0.2) is 6.61 Å². The zero-order chi connectivity index (χ0) is 18.7. The fraction of sp³-hybridized carbons (Fsp3) is 0.263. The van der Waals surface area contributed by atoms with E-state index in [4.69, 9.17) is 9.26 Å². The fourth-order valence-electron chi connectivity index (χ4n) is 2.61. The van der Waals surface area contributed by atoms with E-state index in [9.17, 15) is 9.59 Å². The number of hydrogen-bond donors (Lipinski definition) is 1. The summed E-state index contributed by atoms with van der Waals surface area (Å²) in [5.74, 6) is -1.03. The summed E-state index contributed by atoms with van der Waals surface area (Å²) in [6.45, 7) is 5.12. The molecule has 0 fully saturated rings. The number of amides is 1. The van der Waals surface area contributed by atoms with Crippen LogP contribution in [0, 0.1) is 13.8 Å². The molecule has 7 nitrogen and oxygen atoms in total. The highest BCUT2D eigenvalue weighted by Crippen LogP contribution is 2.22. The molecule has 3 aromatic rings. The average Bonchev–Trinajstić information content (AvgIpc) is 3.00. The minimum Gasteiger partial charge on any atom is -0.452 e. The highest BCUT2D eigenvalue weighted by atomic mass is 16.5. The van der Waals surface area contributed by atoms with Gasteiger partial charge in [-0.2, -0.15) is 0 Å². The Bertz CT molecular complexity index is 961. The molecule has 3 rings (SSSR count). The maximum absolute atomic E-state index is 12.4. The van der Waals surface area contributed by atoms with Crippen LogP contribution in [0.25, 0.3) is 11.1 Å². The summed E-state index contributed by atoms with van der Waals surface area (Å²) in [4.78, 5) is 28.6. The van der Waals surface area contributed by atoms with E-state index in [1.807, 2.05) is 24.3 Å². The Morgan fingerprint density at radius 2 is 1.92 bits per heavy atom. The molecule has 0 aliphatic heterocycles. The molecule has 134 valence electrons. The van der Waals surface area contributed by atoms with Gasteiger partial charge in [0.1, 0.15) is 0 Å². The number of aromatic nitrogens is 2. The van der Waals surface area contributed by atoms with Crippen molar-refractivity contribution in [1.82, 2.24) is 10.1 Å². The summed E-state index contributed by atoms with van der Waals surface area (Å²) >= 11 is 0. The van der Waals surface area contributed by atoms with E-state index in [2.05, 4.69) is 22.4 Å². The molecule has 2 heterocycles. The predicted molar refractivity (Wildman–Crippen MR) is 96.0 cm³/mol. The second-order valence-electron chi connectivity index (χ2n) is 5.93. The van der Waals surface area contributed by atoms with Crippen LogP contribution < -0.4 is 5.32 Å². The zero-order valence-electron chi connectivity index (χ0n) is 14.8. The number of nitrogens with zero attached hydrogens (tertiary/aromatic N) is 2. The smallest absolute Gasteiger partial charge is 0.339 e. The van der Waals surface area contributed by atoms with Crippen molar-refractivity contribution in [2.75, 3.05) is 11.9 Å². The van der Waals surface area contributed by atoms with Crippen molar-refractivity contribution in [3.63, 3.8) is 0 Å². The Morgan fingerprint density at radius 3 is 2.62 bits per heavy atom.